The van der Waals surface area contributed by atoms with Gasteiger partial charge in [0.25, 0.3) is 0 Å². The third-order valence-electron chi connectivity index (χ3n) is 4.41. The highest BCUT2D eigenvalue weighted by atomic mass is 19.4. The maximum Gasteiger partial charge on any atom is 0.419 e. The van der Waals surface area contributed by atoms with E-state index in [0.29, 0.717) is 11.3 Å². The van der Waals surface area contributed by atoms with Crippen molar-refractivity contribution in [2.75, 3.05) is 0 Å². The third kappa shape index (κ3) is 2.96. The van der Waals surface area contributed by atoms with E-state index in [0.717, 1.165) is 50.7 Å². The lowest BCUT2D eigenvalue weighted by molar-refractivity contribution is -0.140. The van der Waals surface area contributed by atoms with Crippen molar-refractivity contribution in [1.29, 1.82) is 0 Å². The largest absolute Gasteiger partial charge is 0.419 e. The number of benzene rings is 1. The zero-order chi connectivity index (χ0) is 15.7. The first-order valence-electron chi connectivity index (χ1n) is 7.57. The minimum atomic E-state index is -4.71. The Hall–Kier alpha value is -1.59. The molecule has 0 unspecified atom stereocenters. The van der Waals surface area contributed by atoms with Gasteiger partial charge in [-0.1, -0.05) is 30.5 Å². The summed E-state index contributed by atoms with van der Waals surface area (Å²) in [5.74, 6) is -1.25. The van der Waals surface area contributed by atoms with Crippen LogP contribution in [0.15, 0.2) is 23.4 Å². The Bertz CT molecular complexity index is 582. The summed E-state index contributed by atoms with van der Waals surface area (Å²) in [7, 11) is 0. The van der Waals surface area contributed by atoms with Crippen molar-refractivity contribution in [3.05, 3.63) is 35.1 Å². The Kier molecular flexibility index (Phi) is 4.10. The van der Waals surface area contributed by atoms with Gasteiger partial charge in [0.1, 0.15) is 11.9 Å². The number of halogens is 4. The average Bonchev–Trinajstić information content (AvgIpc) is 2.80. The predicted molar refractivity (Wildman–Crippen MR) is 74.0 cm³/mol. The second kappa shape index (κ2) is 5.89. The highest BCUT2D eigenvalue weighted by Crippen LogP contribution is 2.36. The number of rotatable bonds is 1. The highest BCUT2D eigenvalue weighted by molar-refractivity contribution is 6.03. The summed E-state index contributed by atoms with van der Waals surface area (Å²) in [5, 5.41) is 4.01. The fourth-order valence-electron chi connectivity index (χ4n) is 3.25. The lowest BCUT2D eigenvalue weighted by Gasteiger charge is -2.21. The van der Waals surface area contributed by atoms with Gasteiger partial charge in [0, 0.05) is 11.5 Å². The fraction of sp³-hybridized carbons (Fsp3) is 0.562. The van der Waals surface area contributed by atoms with Crippen LogP contribution in [0.2, 0.25) is 0 Å². The van der Waals surface area contributed by atoms with Crippen molar-refractivity contribution >= 4 is 5.71 Å². The first-order chi connectivity index (χ1) is 10.5. The number of hydrogen-bond donors (Lipinski definition) is 0. The van der Waals surface area contributed by atoms with Gasteiger partial charge < -0.3 is 4.84 Å². The molecule has 2 atom stereocenters. The van der Waals surface area contributed by atoms with Crippen LogP contribution in [-0.4, -0.2) is 11.8 Å². The predicted octanol–water partition coefficient (Wildman–Crippen LogP) is 4.92. The van der Waals surface area contributed by atoms with E-state index in [1.807, 2.05) is 0 Å². The van der Waals surface area contributed by atoms with Gasteiger partial charge in [0.05, 0.1) is 11.3 Å². The topological polar surface area (TPSA) is 21.6 Å². The van der Waals surface area contributed by atoms with E-state index in [-0.39, 0.29) is 12.0 Å². The molecule has 2 nitrogen and oxygen atoms in total. The third-order valence-corrected chi connectivity index (χ3v) is 4.41. The van der Waals surface area contributed by atoms with E-state index >= 15 is 0 Å². The molecule has 22 heavy (non-hydrogen) atoms. The second-order valence-electron chi connectivity index (χ2n) is 5.91. The van der Waals surface area contributed by atoms with Crippen molar-refractivity contribution in [3.8, 4) is 0 Å². The molecule has 0 radical (unpaired) electrons. The Morgan fingerprint density at radius 1 is 1.05 bits per heavy atom. The summed E-state index contributed by atoms with van der Waals surface area (Å²) in [6.07, 6.45) is 1.27. The van der Waals surface area contributed by atoms with Crippen LogP contribution in [0, 0.1) is 11.7 Å². The summed E-state index contributed by atoms with van der Waals surface area (Å²) < 4.78 is 52.0. The van der Waals surface area contributed by atoms with Crippen molar-refractivity contribution in [2.45, 2.75) is 50.8 Å². The maximum absolute atomic E-state index is 13.4. The van der Waals surface area contributed by atoms with Crippen LogP contribution >= 0.6 is 0 Å². The summed E-state index contributed by atoms with van der Waals surface area (Å²) in [5.41, 5.74) is -0.416. The molecule has 1 saturated carbocycles. The molecule has 1 aliphatic carbocycles. The molecule has 1 aliphatic heterocycles. The van der Waals surface area contributed by atoms with Crippen LogP contribution in [0.1, 0.15) is 49.7 Å². The summed E-state index contributed by atoms with van der Waals surface area (Å²) in [4.78, 5) is 5.43. The quantitative estimate of drug-likeness (QED) is 0.674. The zero-order valence-corrected chi connectivity index (χ0v) is 12.0. The minimum absolute atomic E-state index is 0.00634. The van der Waals surface area contributed by atoms with Crippen LogP contribution in [0.25, 0.3) is 0 Å². The van der Waals surface area contributed by atoms with E-state index < -0.39 is 17.6 Å². The van der Waals surface area contributed by atoms with Crippen LogP contribution in [0.3, 0.4) is 0 Å². The molecule has 0 saturated heterocycles. The molecule has 1 fully saturated rings. The number of nitrogens with zero attached hydrogens (tertiary/aromatic N) is 1. The maximum atomic E-state index is 13.4. The Morgan fingerprint density at radius 2 is 1.77 bits per heavy atom. The Labute approximate surface area is 126 Å². The summed E-state index contributed by atoms with van der Waals surface area (Å²) in [6, 6.07) is 3.06. The lowest BCUT2D eigenvalue weighted by atomic mass is 9.83. The number of oxime groups is 1. The molecule has 6 heteroatoms. The summed E-state index contributed by atoms with van der Waals surface area (Å²) in [6.45, 7) is 0. The Balaban J connectivity index is 1.90. The standard InChI is InChI=1S/C16H17F4NO/c17-13-8-7-10(9-12(13)16(18,19)20)15-11-5-3-1-2-4-6-14(11)22-21-15/h7-9,11,14H,1-6H2/t11-,14+/m1/s1. The average molecular weight is 315 g/mol. The van der Waals surface area contributed by atoms with Crippen LogP contribution in [-0.2, 0) is 11.0 Å². The van der Waals surface area contributed by atoms with Gasteiger partial charge >= 0.3 is 6.18 Å². The number of alkyl halides is 3. The van der Waals surface area contributed by atoms with Gasteiger partial charge in [-0.15, -0.1) is 0 Å². The molecule has 0 spiro atoms. The molecular weight excluding hydrogens is 298 g/mol. The van der Waals surface area contributed by atoms with Crippen molar-refractivity contribution in [1.82, 2.24) is 0 Å². The second-order valence-corrected chi connectivity index (χ2v) is 5.91. The molecule has 0 aromatic heterocycles. The minimum Gasteiger partial charge on any atom is -0.392 e. The first kappa shape index (κ1) is 15.3. The lowest BCUT2D eigenvalue weighted by Crippen LogP contribution is -2.25. The van der Waals surface area contributed by atoms with Crippen molar-refractivity contribution < 1.29 is 22.4 Å². The molecule has 0 N–H and O–H groups in total. The molecule has 0 bridgehead atoms. The van der Waals surface area contributed by atoms with Gasteiger partial charge in [-0.05, 0) is 31.4 Å². The van der Waals surface area contributed by atoms with E-state index in [4.69, 9.17) is 4.84 Å². The summed E-state index contributed by atoms with van der Waals surface area (Å²) >= 11 is 0. The molecule has 1 aromatic rings. The molecule has 0 amide bonds. The number of hydrogen-bond acceptors (Lipinski definition) is 2. The van der Waals surface area contributed by atoms with Crippen LogP contribution in [0.4, 0.5) is 17.6 Å². The van der Waals surface area contributed by atoms with E-state index in [1.165, 1.54) is 6.07 Å². The highest BCUT2D eigenvalue weighted by Gasteiger charge is 2.38. The molecule has 3 rings (SSSR count). The fourth-order valence-corrected chi connectivity index (χ4v) is 3.25. The molecule has 1 aromatic carbocycles. The molecule has 1 heterocycles. The van der Waals surface area contributed by atoms with Gasteiger partial charge in [-0.3, -0.25) is 0 Å². The molecular formula is C16H17F4NO. The SMILES string of the molecule is Fc1ccc(C2=NO[C@H]3CCCCCC[C@@H]23)cc1C(F)(F)F. The van der Waals surface area contributed by atoms with Crippen LogP contribution in [0.5, 0.6) is 0 Å². The zero-order valence-electron chi connectivity index (χ0n) is 12.0. The monoisotopic (exact) mass is 315 g/mol. The van der Waals surface area contributed by atoms with Gasteiger partial charge in [0.2, 0.25) is 0 Å². The van der Waals surface area contributed by atoms with Gasteiger partial charge in [-0.2, -0.15) is 13.2 Å². The molecule has 120 valence electrons. The smallest absolute Gasteiger partial charge is 0.392 e. The molecule has 2 aliphatic rings. The van der Waals surface area contributed by atoms with E-state index in [9.17, 15) is 17.6 Å². The van der Waals surface area contributed by atoms with E-state index in [1.54, 1.807) is 0 Å². The van der Waals surface area contributed by atoms with E-state index in [2.05, 4.69) is 5.16 Å². The van der Waals surface area contributed by atoms with Crippen LogP contribution < -0.4 is 0 Å². The van der Waals surface area contributed by atoms with Gasteiger partial charge in [-0.25, -0.2) is 4.39 Å². The first-order valence-corrected chi connectivity index (χ1v) is 7.57. The van der Waals surface area contributed by atoms with Crippen molar-refractivity contribution in [2.24, 2.45) is 11.1 Å². The Morgan fingerprint density at radius 3 is 2.50 bits per heavy atom. The normalized spacial score (nSPS) is 25.7. The number of fused-ring (bicyclic) bond motifs is 1. The van der Waals surface area contributed by atoms with Crippen molar-refractivity contribution in [3.63, 3.8) is 0 Å². The van der Waals surface area contributed by atoms with Gasteiger partial charge in [0.15, 0.2) is 0 Å².